The lowest BCUT2D eigenvalue weighted by molar-refractivity contribution is 0.0596. The minimum Gasteiger partial charge on any atom is -0.378 e. The molecule has 1 aromatic rings. The van der Waals surface area contributed by atoms with Gasteiger partial charge < -0.3 is 9.64 Å². The van der Waals surface area contributed by atoms with Crippen LogP contribution in [0.4, 0.5) is 0 Å². The molecule has 0 aliphatic carbocycles. The molecule has 4 nitrogen and oxygen atoms in total. The van der Waals surface area contributed by atoms with Gasteiger partial charge in [-0.1, -0.05) is 18.2 Å². The Morgan fingerprint density at radius 2 is 1.89 bits per heavy atom. The summed E-state index contributed by atoms with van der Waals surface area (Å²) in [7, 11) is -3.13. The first-order valence-corrected chi connectivity index (χ1v) is 7.67. The van der Waals surface area contributed by atoms with Crippen LogP contribution in [0, 0.1) is 0 Å². The van der Waals surface area contributed by atoms with E-state index in [2.05, 4.69) is 4.90 Å². The first-order chi connectivity index (χ1) is 8.67. The van der Waals surface area contributed by atoms with Gasteiger partial charge in [-0.25, -0.2) is 8.42 Å². The highest BCUT2D eigenvalue weighted by Gasteiger charge is 2.30. The van der Waals surface area contributed by atoms with Crippen LogP contribution < -0.4 is 0 Å². The molecule has 18 heavy (non-hydrogen) atoms. The van der Waals surface area contributed by atoms with Gasteiger partial charge in [-0.2, -0.15) is 0 Å². The van der Waals surface area contributed by atoms with E-state index in [0.29, 0.717) is 18.1 Å². The predicted octanol–water partition coefficient (Wildman–Crippen LogP) is 1.15. The average molecular weight is 265 g/mol. The second-order valence-corrected chi connectivity index (χ2v) is 6.52. The van der Waals surface area contributed by atoms with E-state index in [1.165, 1.54) is 0 Å². The minimum atomic E-state index is -3.13. The molecule has 1 aromatic carbocycles. The molecule has 3 rings (SSSR count). The third kappa shape index (κ3) is 2.04. The Labute approximate surface area is 107 Å². The molecule has 2 heterocycles. The number of hydrogen-bond acceptors (Lipinski definition) is 4. The molecule has 0 bridgehead atoms. The highest BCUT2D eigenvalue weighted by Crippen LogP contribution is 2.34. The van der Waals surface area contributed by atoms with Gasteiger partial charge in [0.1, 0.15) is 0 Å². The lowest BCUT2D eigenvalue weighted by Crippen LogP contribution is -2.32. The molecule has 0 radical (unpaired) electrons. The van der Waals surface area contributed by atoms with Crippen LogP contribution in [0.15, 0.2) is 35.4 Å². The van der Waals surface area contributed by atoms with Crippen molar-refractivity contribution >= 4 is 15.4 Å². The molecule has 0 aromatic heterocycles. The highest BCUT2D eigenvalue weighted by atomic mass is 32.2. The Balaban J connectivity index is 1.98. The first kappa shape index (κ1) is 11.7. The second kappa shape index (κ2) is 4.40. The summed E-state index contributed by atoms with van der Waals surface area (Å²) >= 11 is 0. The van der Waals surface area contributed by atoms with Crippen molar-refractivity contribution in [1.82, 2.24) is 4.90 Å². The fourth-order valence-corrected chi connectivity index (χ4v) is 4.01. The monoisotopic (exact) mass is 265 g/mol. The normalized spacial score (nSPS) is 24.2. The van der Waals surface area contributed by atoms with Gasteiger partial charge >= 0.3 is 0 Å². The maximum Gasteiger partial charge on any atom is 0.183 e. The molecular formula is C13H15NO3S. The topological polar surface area (TPSA) is 46.6 Å². The lowest BCUT2D eigenvalue weighted by atomic mass is 10.1. The van der Waals surface area contributed by atoms with Crippen LogP contribution in [-0.2, 0) is 14.6 Å². The summed E-state index contributed by atoms with van der Waals surface area (Å²) in [5, 5.41) is 0. The van der Waals surface area contributed by atoms with Crippen molar-refractivity contribution in [3.8, 4) is 0 Å². The summed E-state index contributed by atoms with van der Waals surface area (Å²) < 4.78 is 29.3. The van der Waals surface area contributed by atoms with E-state index in [4.69, 9.17) is 4.74 Å². The number of benzene rings is 1. The highest BCUT2D eigenvalue weighted by molar-refractivity contribution is 7.92. The number of morpholine rings is 1. The summed E-state index contributed by atoms with van der Waals surface area (Å²) in [5.74, 6) is 0.115. The van der Waals surface area contributed by atoms with Crippen molar-refractivity contribution in [1.29, 1.82) is 0 Å². The maximum atomic E-state index is 12.0. The molecule has 0 unspecified atom stereocenters. The Morgan fingerprint density at radius 1 is 1.17 bits per heavy atom. The van der Waals surface area contributed by atoms with E-state index >= 15 is 0 Å². The predicted molar refractivity (Wildman–Crippen MR) is 68.9 cm³/mol. The van der Waals surface area contributed by atoms with E-state index < -0.39 is 9.84 Å². The van der Waals surface area contributed by atoms with Crippen LogP contribution in [0.25, 0.3) is 5.57 Å². The molecule has 5 heteroatoms. The van der Waals surface area contributed by atoms with Crippen LogP contribution in [-0.4, -0.2) is 45.4 Å². The summed E-state index contributed by atoms with van der Waals surface area (Å²) in [6, 6.07) is 7.22. The molecule has 0 N–H and O–H groups in total. The summed E-state index contributed by atoms with van der Waals surface area (Å²) in [6.07, 6.45) is 1.98. The maximum absolute atomic E-state index is 12.0. The largest absolute Gasteiger partial charge is 0.378 e. The van der Waals surface area contributed by atoms with E-state index in [1.807, 2.05) is 18.3 Å². The fourth-order valence-electron chi connectivity index (χ4n) is 2.40. The summed E-state index contributed by atoms with van der Waals surface area (Å²) in [6.45, 7) is 3.06. The van der Waals surface area contributed by atoms with Crippen molar-refractivity contribution in [3.63, 3.8) is 0 Å². The number of fused-ring (bicyclic) bond motifs is 1. The van der Waals surface area contributed by atoms with Crippen molar-refractivity contribution < 1.29 is 13.2 Å². The molecule has 2 aliphatic heterocycles. The van der Waals surface area contributed by atoms with Gasteiger partial charge in [-0.15, -0.1) is 0 Å². The Morgan fingerprint density at radius 3 is 2.67 bits per heavy atom. The van der Waals surface area contributed by atoms with Crippen LogP contribution in [0.1, 0.15) is 5.56 Å². The summed E-state index contributed by atoms with van der Waals surface area (Å²) in [4.78, 5) is 2.60. The Bertz CT molecular complexity index is 586. The van der Waals surface area contributed by atoms with Crippen LogP contribution in [0.2, 0.25) is 0 Å². The van der Waals surface area contributed by atoms with E-state index in [0.717, 1.165) is 24.2 Å². The van der Waals surface area contributed by atoms with Gasteiger partial charge in [0.2, 0.25) is 0 Å². The molecule has 0 spiro atoms. The Hall–Kier alpha value is -1.33. The van der Waals surface area contributed by atoms with Crippen molar-refractivity contribution in [3.05, 3.63) is 36.0 Å². The standard InChI is InChI=1S/C13H15NO3S/c15-18(16)10-11(9-14-5-7-17-8-6-14)12-3-1-2-4-13(12)18/h1-4,9H,5-8,10H2/b11-9-. The summed E-state index contributed by atoms with van der Waals surface area (Å²) in [5.41, 5.74) is 1.75. The molecule has 0 saturated carbocycles. The zero-order valence-electron chi connectivity index (χ0n) is 10.0. The molecule has 2 aliphatic rings. The third-order valence-corrected chi connectivity index (χ3v) is 5.01. The van der Waals surface area contributed by atoms with Gasteiger partial charge in [0, 0.05) is 19.3 Å². The van der Waals surface area contributed by atoms with Crippen molar-refractivity contribution in [2.75, 3.05) is 32.1 Å². The lowest BCUT2D eigenvalue weighted by Gasteiger charge is -2.25. The number of rotatable bonds is 1. The van der Waals surface area contributed by atoms with E-state index in [-0.39, 0.29) is 5.75 Å². The number of sulfone groups is 1. The van der Waals surface area contributed by atoms with E-state index in [1.54, 1.807) is 12.1 Å². The zero-order chi connectivity index (χ0) is 12.6. The van der Waals surface area contributed by atoms with Gasteiger partial charge in [0.15, 0.2) is 9.84 Å². The third-order valence-electron chi connectivity index (χ3n) is 3.30. The first-order valence-electron chi connectivity index (χ1n) is 6.01. The average Bonchev–Trinajstić information content (AvgIpc) is 2.63. The molecule has 96 valence electrons. The second-order valence-electron chi connectivity index (χ2n) is 4.56. The molecular weight excluding hydrogens is 250 g/mol. The molecule has 0 atom stereocenters. The molecule has 1 fully saturated rings. The quantitative estimate of drug-likeness (QED) is 0.764. The van der Waals surface area contributed by atoms with Crippen LogP contribution in [0.5, 0.6) is 0 Å². The zero-order valence-corrected chi connectivity index (χ0v) is 10.8. The number of ether oxygens (including phenoxy) is 1. The Kier molecular flexibility index (Phi) is 2.87. The van der Waals surface area contributed by atoms with Gasteiger partial charge in [-0.3, -0.25) is 0 Å². The SMILES string of the molecule is O=S1(=O)C/C(=C/N2CCOCC2)c2ccccc21. The smallest absolute Gasteiger partial charge is 0.183 e. The van der Waals surface area contributed by atoms with Crippen molar-refractivity contribution in [2.45, 2.75) is 4.90 Å². The molecule has 0 amide bonds. The van der Waals surface area contributed by atoms with Gasteiger partial charge in [-0.05, 0) is 17.2 Å². The van der Waals surface area contributed by atoms with Crippen molar-refractivity contribution in [2.24, 2.45) is 0 Å². The number of nitrogens with zero attached hydrogens (tertiary/aromatic N) is 1. The number of hydrogen-bond donors (Lipinski definition) is 0. The van der Waals surface area contributed by atoms with Crippen LogP contribution in [0.3, 0.4) is 0 Å². The van der Waals surface area contributed by atoms with Crippen LogP contribution >= 0.6 is 0 Å². The van der Waals surface area contributed by atoms with Gasteiger partial charge in [0.05, 0.1) is 23.9 Å². The fraction of sp³-hybridized carbons (Fsp3) is 0.385. The molecule has 1 saturated heterocycles. The minimum absolute atomic E-state index is 0.115. The van der Waals surface area contributed by atoms with E-state index in [9.17, 15) is 8.42 Å². The van der Waals surface area contributed by atoms with Gasteiger partial charge in [0.25, 0.3) is 0 Å².